The molecule has 1 heterocycles. The van der Waals surface area contributed by atoms with Gasteiger partial charge in [-0.25, -0.2) is 0 Å². The predicted octanol–water partition coefficient (Wildman–Crippen LogP) is 3.07. The summed E-state index contributed by atoms with van der Waals surface area (Å²) in [6.07, 6.45) is 6.74. The first-order valence-electron chi connectivity index (χ1n) is 6.57. The molecule has 0 bridgehead atoms. The number of rotatable bonds is 8. The molecule has 3 nitrogen and oxygen atoms in total. The van der Waals surface area contributed by atoms with Gasteiger partial charge in [-0.1, -0.05) is 31.9 Å². The molecule has 4 heteroatoms. The molecule has 18 heavy (non-hydrogen) atoms. The average molecular weight is 271 g/mol. The van der Waals surface area contributed by atoms with Crippen molar-refractivity contribution in [2.24, 2.45) is 0 Å². The second-order valence-corrected chi connectivity index (χ2v) is 4.81. The molecule has 0 radical (unpaired) electrons. The Labute approximate surface area is 115 Å². The first-order valence-corrected chi connectivity index (χ1v) is 6.95. The highest BCUT2D eigenvalue weighted by Crippen LogP contribution is 2.18. The second kappa shape index (κ2) is 8.46. The number of hydrogen-bond acceptors (Lipinski definition) is 3. The van der Waals surface area contributed by atoms with E-state index in [0.29, 0.717) is 6.04 Å². The van der Waals surface area contributed by atoms with Gasteiger partial charge in [-0.05, 0) is 31.0 Å². The molecule has 2 unspecified atom stereocenters. The van der Waals surface area contributed by atoms with Crippen molar-refractivity contribution in [1.82, 2.24) is 10.3 Å². The van der Waals surface area contributed by atoms with Crippen LogP contribution in [0.3, 0.4) is 0 Å². The monoisotopic (exact) mass is 270 g/mol. The smallest absolute Gasteiger partial charge is 0.0727 e. The molecule has 0 amide bonds. The fourth-order valence-corrected chi connectivity index (χ4v) is 2.37. The Hall–Kier alpha value is -0.640. The molecule has 1 aromatic heterocycles. The minimum Gasteiger partial charge on any atom is -0.380 e. The normalized spacial score (nSPS) is 14.4. The summed E-state index contributed by atoms with van der Waals surface area (Å²) >= 11 is 6.16. The minimum atomic E-state index is 0.221. The Morgan fingerprint density at radius 1 is 1.44 bits per heavy atom. The third-order valence-electron chi connectivity index (χ3n) is 3.09. The molecule has 0 aliphatic carbocycles. The van der Waals surface area contributed by atoms with Crippen molar-refractivity contribution < 1.29 is 4.74 Å². The largest absolute Gasteiger partial charge is 0.380 e. The SMILES string of the molecule is CCCC(OC)C(Cc1ccncc1Cl)NCC. The molecule has 0 aliphatic heterocycles. The lowest BCUT2D eigenvalue weighted by molar-refractivity contribution is 0.0614. The van der Waals surface area contributed by atoms with Crippen LogP contribution in [0.4, 0.5) is 0 Å². The minimum absolute atomic E-state index is 0.221. The lowest BCUT2D eigenvalue weighted by atomic mass is 9.98. The van der Waals surface area contributed by atoms with E-state index in [0.717, 1.165) is 36.4 Å². The van der Waals surface area contributed by atoms with E-state index in [1.165, 1.54) is 0 Å². The molecule has 1 aromatic rings. The Bertz CT molecular complexity index is 346. The molecule has 0 aliphatic rings. The van der Waals surface area contributed by atoms with Crippen LogP contribution in [0.15, 0.2) is 18.5 Å². The topological polar surface area (TPSA) is 34.1 Å². The number of methoxy groups -OCH3 is 1. The van der Waals surface area contributed by atoms with Crippen LogP contribution in [0, 0.1) is 0 Å². The van der Waals surface area contributed by atoms with Gasteiger partial charge in [-0.15, -0.1) is 0 Å². The first-order chi connectivity index (χ1) is 8.72. The number of nitrogens with zero attached hydrogens (tertiary/aromatic N) is 1. The molecular formula is C14H23ClN2O. The molecular weight excluding hydrogens is 248 g/mol. The summed E-state index contributed by atoms with van der Waals surface area (Å²) in [6.45, 7) is 5.21. The van der Waals surface area contributed by atoms with Gasteiger partial charge in [0.15, 0.2) is 0 Å². The summed E-state index contributed by atoms with van der Waals surface area (Å²) in [6, 6.07) is 2.27. The van der Waals surface area contributed by atoms with Crippen LogP contribution in [0.25, 0.3) is 0 Å². The van der Waals surface area contributed by atoms with E-state index in [2.05, 4.69) is 24.1 Å². The van der Waals surface area contributed by atoms with Gasteiger partial charge in [0.2, 0.25) is 0 Å². The number of halogens is 1. The standard InChI is InChI=1S/C14H23ClN2O/c1-4-6-14(18-3)13(17-5-2)9-11-7-8-16-10-12(11)15/h7-8,10,13-14,17H,4-6,9H2,1-3H3. The summed E-state index contributed by atoms with van der Waals surface area (Å²) in [5.74, 6) is 0. The predicted molar refractivity (Wildman–Crippen MR) is 76.1 cm³/mol. The van der Waals surface area contributed by atoms with Gasteiger partial charge in [0.25, 0.3) is 0 Å². The highest BCUT2D eigenvalue weighted by Gasteiger charge is 2.20. The summed E-state index contributed by atoms with van der Waals surface area (Å²) in [5, 5.41) is 4.22. The van der Waals surface area contributed by atoms with Crippen molar-refractivity contribution in [2.75, 3.05) is 13.7 Å². The Balaban J connectivity index is 2.75. The molecule has 2 atom stereocenters. The van der Waals surface area contributed by atoms with Crippen LogP contribution < -0.4 is 5.32 Å². The number of likely N-dealkylation sites (N-methyl/N-ethyl adjacent to an activating group) is 1. The highest BCUT2D eigenvalue weighted by atomic mass is 35.5. The quantitative estimate of drug-likeness (QED) is 0.788. The van der Waals surface area contributed by atoms with Crippen LogP contribution in [-0.2, 0) is 11.2 Å². The van der Waals surface area contributed by atoms with Crippen molar-refractivity contribution in [3.05, 3.63) is 29.0 Å². The van der Waals surface area contributed by atoms with E-state index >= 15 is 0 Å². The number of ether oxygens (including phenoxy) is 1. The van der Waals surface area contributed by atoms with E-state index in [-0.39, 0.29) is 6.10 Å². The lowest BCUT2D eigenvalue weighted by Crippen LogP contribution is -2.42. The zero-order valence-corrected chi connectivity index (χ0v) is 12.2. The summed E-state index contributed by atoms with van der Waals surface area (Å²) < 4.78 is 5.60. The summed E-state index contributed by atoms with van der Waals surface area (Å²) in [4.78, 5) is 4.02. The first kappa shape index (κ1) is 15.4. The number of aromatic nitrogens is 1. The fraction of sp³-hybridized carbons (Fsp3) is 0.643. The lowest BCUT2D eigenvalue weighted by Gasteiger charge is -2.27. The van der Waals surface area contributed by atoms with Crippen LogP contribution in [0.2, 0.25) is 5.02 Å². The van der Waals surface area contributed by atoms with Crippen LogP contribution in [0.5, 0.6) is 0 Å². The van der Waals surface area contributed by atoms with E-state index in [1.807, 2.05) is 6.07 Å². The molecule has 0 spiro atoms. The van der Waals surface area contributed by atoms with Gasteiger partial charge >= 0.3 is 0 Å². The van der Waals surface area contributed by atoms with Crippen molar-refractivity contribution >= 4 is 11.6 Å². The Kier molecular flexibility index (Phi) is 7.25. The molecule has 0 fully saturated rings. The molecule has 1 rings (SSSR count). The maximum atomic E-state index is 6.16. The number of pyridine rings is 1. The third-order valence-corrected chi connectivity index (χ3v) is 3.43. The second-order valence-electron chi connectivity index (χ2n) is 4.40. The number of nitrogens with one attached hydrogen (secondary N) is 1. The van der Waals surface area contributed by atoms with E-state index in [4.69, 9.17) is 16.3 Å². The Morgan fingerprint density at radius 3 is 2.78 bits per heavy atom. The molecule has 0 aromatic carbocycles. The van der Waals surface area contributed by atoms with Crippen molar-refractivity contribution in [1.29, 1.82) is 0 Å². The highest BCUT2D eigenvalue weighted by molar-refractivity contribution is 6.31. The zero-order chi connectivity index (χ0) is 13.4. The zero-order valence-electron chi connectivity index (χ0n) is 11.4. The Morgan fingerprint density at radius 2 is 2.22 bits per heavy atom. The van der Waals surface area contributed by atoms with Gasteiger partial charge in [0, 0.05) is 25.5 Å². The third kappa shape index (κ3) is 4.56. The van der Waals surface area contributed by atoms with Crippen molar-refractivity contribution in [3.63, 3.8) is 0 Å². The molecule has 1 N–H and O–H groups in total. The maximum Gasteiger partial charge on any atom is 0.0727 e. The van der Waals surface area contributed by atoms with Crippen LogP contribution in [-0.4, -0.2) is 30.8 Å². The summed E-state index contributed by atoms with van der Waals surface area (Å²) in [5.41, 5.74) is 1.12. The number of hydrogen-bond donors (Lipinski definition) is 1. The van der Waals surface area contributed by atoms with Crippen LogP contribution in [0.1, 0.15) is 32.3 Å². The van der Waals surface area contributed by atoms with Gasteiger partial charge in [-0.2, -0.15) is 0 Å². The van der Waals surface area contributed by atoms with Gasteiger partial charge in [-0.3, -0.25) is 4.98 Å². The van der Waals surface area contributed by atoms with Crippen LogP contribution >= 0.6 is 11.6 Å². The fourth-order valence-electron chi connectivity index (χ4n) is 2.17. The van der Waals surface area contributed by atoms with Gasteiger partial charge < -0.3 is 10.1 Å². The van der Waals surface area contributed by atoms with E-state index in [1.54, 1.807) is 19.5 Å². The van der Waals surface area contributed by atoms with Gasteiger partial charge in [0.1, 0.15) is 0 Å². The molecule has 102 valence electrons. The van der Waals surface area contributed by atoms with Crippen molar-refractivity contribution in [2.45, 2.75) is 45.3 Å². The average Bonchev–Trinajstić information content (AvgIpc) is 2.38. The summed E-state index contributed by atoms with van der Waals surface area (Å²) in [7, 11) is 1.78. The molecule has 0 saturated heterocycles. The van der Waals surface area contributed by atoms with E-state index < -0.39 is 0 Å². The van der Waals surface area contributed by atoms with E-state index in [9.17, 15) is 0 Å². The van der Waals surface area contributed by atoms with Crippen molar-refractivity contribution in [3.8, 4) is 0 Å². The molecule has 0 saturated carbocycles. The maximum absolute atomic E-state index is 6.16. The van der Waals surface area contributed by atoms with Gasteiger partial charge in [0.05, 0.1) is 11.1 Å².